The van der Waals surface area contributed by atoms with Crippen molar-refractivity contribution < 1.29 is 0 Å². The molecule has 0 aromatic rings. The molecule has 1 saturated carbocycles. The minimum Gasteiger partial charge on any atom is -0.372 e. The van der Waals surface area contributed by atoms with Crippen LogP contribution >= 0.6 is 0 Å². The van der Waals surface area contributed by atoms with E-state index in [2.05, 4.69) is 4.90 Å². The summed E-state index contributed by atoms with van der Waals surface area (Å²) in [6.07, 6.45) is 8.44. The fraction of sp³-hybridized carbons (Fsp3) is 0.500. The Morgan fingerprint density at radius 1 is 1.33 bits per heavy atom. The molecule has 0 bridgehead atoms. The lowest BCUT2D eigenvalue weighted by Gasteiger charge is -2.18. The number of rotatable bonds is 2. The Morgan fingerprint density at radius 2 is 2.07 bits per heavy atom. The molecule has 2 aliphatic rings. The first-order valence-electron chi connectivity index (χ1n) is 5.33. The fourth-order valence-electron chi connectivity index (χ4n) is 1.98. The van der Waals surface area contributed by atoms with Crippen molar-refractivity contribution in [1.82, 2.24) is 4.90 Å². The molecule has 0 radical (unpaired) electrons. The second-order valence-corrected chi connectivity index (χ2v) is 3.99. The highest BCUT2D eigenvalue weighted by molar-refractivity contribution is 5.39. The first kappa shape index (κ1) is 9.80. The van der Waals surface area contributed by atoms with E-state index in [0.29, 0.717) is 0 Å². The highest BCUT2D eigenvalue weighted by Gasteiger charge is 2.32. The molecule has 1 heterocycles. The van der Waals surface area contributed by atoms with E-state index >= 15 is 0 Å². The van der Waals surface area contributed by atoms with Crippen molar-refractivity contribution in [2.24, 2.45) is 0 Å². The van der Waals surface area contributed by atoms with Crippen LogP contribution in [0.2, 0.25) is 0 Å². The molecule has 2 rings (SSSR count). The molecule has 1 saturated heterocycles. The molecule has 1 aliphatic carbocycles. The van der Waals surface area contributed by atoms with Crippen LogP contribution < -0.4 is 0 Å². The van der Waals surface area contributed by atoms with Crippen LogP contribution in [0.25, 0.3) is 0 Å². The third-order valence-corrected chi connectivity index (χ3v) is 2.87. The standard InChI is InChI=1S/C12H13N3/c13-8-10(9-14)3-4-11-2-1-7-15(11)12-5-6-12/h3-4,12H,1-2,5-7H2/b11-4-. The lowest BCUT2D eigenvalue weighted by atomic mass is 10.2. The van der Waals surface area contributed by atoms with Gasteiger partial charge in [0.05, 0.1) is 0 Å². The molecule has 15 heavy (non-hydrogen) atoms. The molecule has 3 heteroatoms. The first-order valence-corrected chi connectivity index (χ1v) is 5.33. The Kier molecular flexibility index (Phi) is 2.74. The molecular formula is C12H13N3. The number of allylic oxidation sites excluding steroid dienone is 4. The van der Waals surface area contributed by atoms with Gasteiger partial charge in [-0.2, -0.15) is 10.5 Å². The van der Waals surface area contributed by atoms with Gasteiger partial charge < -0.3 is 4.90 Å². The predicted octanol–water partition coefficient (Wildman–Crippen LogP) is 2.10. The van der Waals surface area contributed by atoms with E-state index in [1.54, 1.807) is 6.08 Å². The van der Waals surface area contributed by atoms with E-state index in [-0.39, 0.29) is 5.57 Å². The summed E-state index contributed by atoms with van der Waals surface area (Å²) in [7, 11) is 0. The number of hydrogen-bond donors (Lipinski definition) is 0. The van der Waals surface area contributed by atoms with Gasteiger partial charge in [-0.25, -0.2) is 0 Å². The van der Waals surface area contributed by atoms with Gasteiger partial charge in [-0.3, -0.25) is 0 Å². The molecule has 0 unspecified atom stereocenters. The Hall–Kier alpha value is -1.74. The summed E-state index contributed by atoms with van der Waals surface area (Å²) in [6, 6.07) is 4.48. The van der Waals surface area contributed by atoms with Crippen molar-refractivity contribution >= 4 is 0 Å². The normalized spacial score (nSPS) is 22.3. The minimum absolute atomic E-state index is 0.185. The van der Waals surface area contributed by atoms with Crippen LogP contribution in [0.1, 0.15) is 25.7 Å². The van der Waals surface area contributed by atoms with Gasteiger partial charge in [-0.1, -0.05) is 0 Å². The van der Waals surface area contributed by atoms with Gasteiger partial charge in [-0.05, 0) is 37.8 Å². The lowest BCUT2D eigenvalue weighted by molar-refractivity contribution is 0.383. The van der Waals surface area contributed by atoms with Crippen LogP contribution in [0.15, 0.2) is 23.4 Å². The van der Waals surface area contributed by atoms with Crippen molar-refractivity contribution in [2.45, 2.75) is 31.7 Å². The Morgan fingerprint density at radius 3 is 2.67 bits per heavy atom. The van der Waals surface area contributed by atoms with Crippen LogP contribution in [0.4, 0.5) is 0 Å². The number of hydrogen-bond acceptors (Lipinski definition) is 3. The van der Waals surface area contributed by atoms with Crippen molar-refractivity contribution in [3.8, 4) is 12.1 Å². The zero-order valence-corrected chi connectivity index (χ0v) is 8.61. The summed E-state index contributed by atoms with van der Waals surface area (Å²) in [6.45, 7) is 1.14. The summed E-state index contributed by atoms with van der Waals surface area (Å²) >= 11 is 0. The van der Waals surface area contributed by atoms with Gasteiger partial charge in [0.2, 0.25) is 0 Å². The molecule has 0 aromatic heterocycles. The number of likely N-dealkylation sites (tertiary alicyclic amines) is 1. The van der Waals surface area contributed by atoms with Crippen LogP contribution in [-0.2, 0) is 0 Å². The van der Waals surface area contributed by atoms with Gasteiger partial charge in [0.25, 0.3) is 0 Å². The third kappa shape index (κ3) is 2.19. The summed E-state index contributed by atoms with van der Waals surface area (Å²) in [4.78, 5) is 2.42. The number of nitriles is 2. The molecule has 3 nitrogen and oxygen atoms in total. The maximum Gasteiger partial charge on any atom is 0.129 e. The number of nitrogens with zero attached hydrogens (tertiary/aromatic N) is 3. The maximum absolute atomic E-state index is 8.60. The van der Waals surface area contributed by atoms with E-state index in [4.69, 9.17) is 10.5 Å². The van der Waals surface area contributed by atoms with E-state index in [1.165, 1.54) is 25.0 Å². The monoisotopic (exact) mass is 199 g/mol. The molecule has 76 valence electrons. The van der Waals surface area contributed by atoms with Crippen molar-refractivity contribution in [3.63, 3.8) is 0 Å². The highest BCUT2D eigenvalue weighted by Crippen LogP contribution is 2.35. The van der Waals surface area contributed by atoms with E-state index in [1.807, 2.05) is 18.2 Å². The molecular weight excluding hydrogens is 186 g/mol. The Bertz CT molecular complexity index is 372. The van der Waals surface area contributed by atoms with Gasteiger partial charge in [0.1, 0.15) is 17.7 Å². The average molecular weight is 199 g/mol. The largest absolute Gasteiger partial charge is 0.372 e. The topological polar surface area (TPSA) is 50.8 Å². The SMILES string of the molecule is N#CC(C#N)=C/C=C1/CCCN1C1CC1. The third-order valence-electron chi connectivity index (χ3n) is 2.87. The van der Waals surface area contributed by atoms with Gasteiger partial charge in [-0.15, -0.1) is 0 Å². The van der Waals surface area contributed by atoms with Gasteiger partial charge in [0.15, 0.2) is 0 Å². The summed E-state index contributed by atoms with van der Waals surface area (Å²) in [5.41, 5.74) is 1.48. The van der Waals surface area contributed by atoms with E-state index in [0.717, 1.165) is 19.0 Å². The molecule has 0 amide bonds. The minimum atomic E-state index is 0.185. The van der Waals surface area contributed by atoms with Crippen molar-refractivity contribution in [3.05, 3.63) is 23.4 Å². The zero-order valence-electron chi connectivity index (χ0n) is 8.61. The smallest absolute Gasteiger partial charge is 0.129 e. The molecule has 2 fully saturated rings. The quantitative estimate of drug-likeness (QED) is 0.640. The molecule has 0 spiro atoms. The molecule has 0 atom stereocenters. The highest BCUT2D eigenvalue weighted by atomic mass is 15.2. The molecule has 0 aromatic carbocycles. The summed E-state index contributed by atoms with van der Waals surface area (Å²) in [5, 5.41) is 17.2. The van der Waals surface area contributed by atoms with Crippen LogP contribution in [0.3, 0.4) is 0 Å². The van der Waals surface area contributed by atoms with Gasteiger partial charge in [0, 0.05) is 18.3 Å². The predicted molar refractivity (Wildman–Crippen MR) is 56.4 cm³/mol. The van der Waals surface area contributed by atoms with Crippen LogP contribution in [-0.4, -0.2) is 17.5 Å². The van der Waals surface area contributed by atoms with E-state index in [9.17, 15) is 0 Å². The van der Waals surface area contributed by atoms with E-state index < -0.39 is 0 Å². The average Bonchev–Trinajstić information content (AvgIpc) is 3.00. The first-order chi connectivity index (χ1) is 7.35. The Labute approximate surface area is 89.9 Å². The zero-order chi connectivity index (χ0) is 10.7. The van der Waals surface area contributed by atoms with Crippen LogP contribution in [0, 0.1) is 22.7 Å². The molecule has 0 N–H and O–H groups in total. The fourth-order valence-corrected chi connectivity index (χ4v) is 1.98. The summed E-state index contributed by atoms with van der Waals surface area (Å²) in [5.74, 6) is 0. The van der Waals surface area contributed by atoms with Crippen molar-refractivity contribution in [1.29, 1.82) is 10.5 Å². The van der Waals surface area contributed by atoms with Crippen LogP contribution in [0.5, 0.6) is 0 Å². The summed E-state index contributed by atoms with van der Waals surface area (Å²) < 4.78 is 0. The van der Waals surface area contributed by atoms with Gasteiger partial charge >= 0.3 is 0 Å². The molecule has 1 aliphatic heterocycles. The second-order valence-electron chi connectivity index (χ2n) is 3.99. The second kappa shape index (κ2) is 4.19. The maximum atomic E-state index is 8.60. The Balaban J connectivity index is 2.09. The lowest BCUT2D eigenvalue weighted by Crippen LogP contribution is -2.19. The van der Waals surface area contributed by atoms with Crippen molar-refractivity contribution in [2.75, 3.05) is 6.54 Å².